The summed E-state index contributed by atoms with van der Waals surface area (Å²) in [5, 5.41) is 13.1. The van der Waals surface area contributed by atoms with Gasteiger partial charge in [0.05, 0.1) is 5.60 Å². The van der Waals surface area contributed by atoms with Gasteiger partial charge in [-0.3, -0.25) is 0 Å². The van der Waals surface area contributed by atoms with Crippen LogP contribution in [-0.4, -0.2) is 16.7 Å². The first kappa shape index (κ1) is 12.5. The Bertz CT molecular complexity index is 394. The lowest BCUT2D eigenvalue weighted by atomic mass is 9.98. The Morgan fingerprint density at radius 3 is 2.24 bits per heavy atom. The summed E-state index contributed by atoms with van der Waals surface area (Å²) < 4.78 is 26.2. The van der Waals surface area contributed by atoms with Crippen molar-refractivity contribution in [1.82, 2.24) is 5.32 Å². The first-order chi connectivity index (χ1) is 7.86. The monoisotopic (exact) mass is 241 g/mol. The highest BCUT2D eigenvalue weighted by molar-refractivity contribution is 5.23. The van der Waals surface area contributed by atoms with E-state index < -0.39 is 17.2 Å². The number of halogens is 2. The van der Waals surface area contributed by atoms with Crippen molar-refractivity contribution in [3.05, 3.63) is 35.4 Å². The molecule has 94 valence electrons. The van der Waals surface area contributed by atoms with Crippen LogP contribution in [0, 0.1) is 11.6 Å². The first-order valence-corrected chi connectivity index (χ1v) is 5.80. The minimum atomic E-state index is -0.819. The Hall–Kier alpha value is -1.00. The van der Waals surface area contributed by atoms with Crippen molar-refractivity contribution in [2.75, 3.05) is 0 Å². The Balaban J connectivity index is 2.15. The molecule has 0 saturated carbocycles. The van der Waals surface area contributed by atoms with Gasteiger partial charge in [-0.05, 0) is 44.4 Å². The van der Waals surface area contributed by atoms with E-state index in [1.807, 2.05) is 0 Å². The minimum Gasteiger partial charge on any atom is -0.389 e. The van der Waals surface area contributed by atoms with Crippen molar-refractivity contribution in [1.29, 1.82) is 0 Å². The summed E-state index contributed by atoms with van der Waals surface area (Å²) in [5.74, 6) is -1.12. The highest BCUT2D eigenvalue weighted by Gasteiger charge is 2.34. The molecule has 0 aromatic heterocycles. The highest BCUT2D eigenvalue weighted by Crippen LogP contribution is 2.31. The molecular weight excluding hydrogens is 224 g/mol. The second-order valence-corrected chi connectivity index (χ2v) is 5.21. The SMILES string of the molecule is CC(C)(O)[C@H]1CC[C@@H](c2cc(F)cc(F)c2)N1. The number of rotatable bonds is 2. The van der Waals surface area contributed by atoms with E-state index in [-0.39, 0.29) is 12.1 Å². The van der Waals surface area contributed by atoms with Crippen molar-refractivity contribution in [2.45, 2.75) is 44.4 Å². The van der Waals surface area contributed by atoms with Crippen molar-refractivity contribution in [3.8, 4) is 0 Å². The molecule has 0 aliphatic carbocycles. The molecule has 0 spiro atoms. The molecule has 1 aromatic carbocycles. The topological polar surface area (TPSA) is 32.3 Å². The van der Waals surface area contributed by atoms with Crippen molar-refractivity contribution in [2.24, 2.45) is 0 Å². The third-order valence-electron chi connectivity index (χ3n) is 3.29. The maximum atomic E-state index is 13.1. The van der Waals surface area contributed by atoms with Crippen LogP contribution in [0.25, 0.3) is 0 Å². The molecule has 4 heteroatoms. The molecule has 1 fully saturated rings. The van der Waals surface area contributed by atoms with Crippen LogP contribution in [-0.2, 0) is 0 Å². The van der Waals surface area contributed by atoms with Gasteiger partial charge in [-0.2, -0.15) is 0 Å². The van der Waals surface area contributed by atoms with E-state index in [0.29, 0.717) is 5.56 Å². The fraction of sp³-hybridized carbons (Fsp3) is 0.538. The second kappa shape index (κ2) is 4.35. The summed E-state index contributed by atoms with van der Waals surface area (Å²) in [6, 6.07) is 3.42. The highest BCUT2D eigenvalue weighted by atomic mass is 19.1. The molecule has 0 amide bonds. The molecule has 2 atom stereocenters. The molecule has 1 aliphatic rings. The standard InChI is InChI=1S/C13H17F2NO/c1-13(2,17)12-4-3-11(16-12)8-5-9(14)7-10(15)6-8/h5-7,11-12,16-17H,3-4H2,1-2H3/t11-,12+/m0/s1. The molecule has 2 rings (SSSR count). The lowest BCUT2D eigenvalue weighted by molar-refractivity contribution is 0.0432. The average molecular weight is 241 g/mol. The Morgan fingerprint density at radius 1 is 1.18 bits per heavy atom. The zero-order valence-electron chi connectivity index (χ0n) is 10.0. The van der Waals surface area contributed by atoms with Gasteiger partial charge in [-0.1, -0.05) is 0 Å². The van der Waals surface area contributed by atoms with E-state index in [2.05, 4.69) is 5.32 Å². The van der Waals surface area contributed by atoms with Gasteiger partial charge in [-0.25, -0.2) is 8.78 Å². The molecule has 1 aromatic rings. The molecule has 0 radical (unpaired) electrons. The fourth-order valence-electron chi connectivity index (χ4n) is 2.34. The predicted molar refractivity (Wildman–Crippen MR) is 61.6 cm³/mol. The smallest absolute Gasteiger partial charge is 0.126 e. The van der Waals surface area contributed by atoms with E-state index >= 15 is 0 Å². The summed E-state index contributed by atoms with van der Waals surface area (Å²) in [5.41, 5.74) is -0.213. The Morgan fingerprint density at radius 2 is 1.76 bits per heavy atom. The molecule has 1 saturated heterocycles. The number of hydrogen-bond acceptors (Lipinski definition) is 2. The van der Waals surface area contributed by atoms with Gasteiger partial charge in [-0.15, -0.1) is 0 Å². The van der Waals surface area contributed by atoms with Crippen LogP contribution in [0.5, 0.6) is 0 Å². The largest absolute Gasteiger partial charge is 0.389 e. The lowest BCUT2D eigenvalue weighted by Crippen LogP contribution is -2.43. The molecule has 0 unspecified atom stereocenters. The van der Waals surface area contributed by atoms with E-state index in [1.165, 1.54) is 12.1 Å². The van der Waals surface area contributed by atoms with Crippen molar-refractivity contribution >= 4 is 0 Å². The number of benzene rings is 1. The fourth-order valence-corrected chi connectivity index (χ4v) is 2.34. The van der Waals surface area contributed by atoms with Crippen LogP contribution >= 0.6 is 0 Å². The van der Waals surface area contributed by atoms with Crippen LogP contribution in [0.4, 0.5) is 8.78 Å². The van der Waals surface area contributed by atoms with E-state index in [4.69, 9.17) is 0 Å². The van der Waals surface area contributed by atoms with E-state index in [1.54, 1.807) is 13.8 Å². The molecule has 1 heterocycles. The average Bonchev–Trinajstić information content (AvgIpc) is 2.63. The van der Waals surface area contributed by atoms with Gasteiger partial charge in [0.1, 0.15) is 11.6 Å². The first-order valence-electron chi connectivity index (χ1n) is 5.80. The summed E-state index contributed by atoms with van der Waals surface area (Å²) >= 11 is 0. The van der Waals surface area contributed by atoms with E-state index in [9.17, 15) is 13.9 Å². The summed E-state index contributed by atoms with van der Waals surface area (Å²) in [6.07, 6.45) is 1.57. The van der Waals surface area contributed by atoms with Gasteiger partial charge < -0.3 is 10.4 Å². The maximum Gasteiger partial charge on any atom is 0.126 e. The summed E-state index contributed by atoms with van der Waals surface area (Å²) in [4.78, 5) is 0. The zero-order chi connectivity index (χ0) is 12.6. The van der Waals surface area contributed by atoms with Crippen molar-refractivity contribution in [3.63, 3.8) is 0 Å². The quantitative estimate of drug-likeness (QED) is 0.834. The Kier molecular flexibility index (Phi) is 3.19. The van der Waals surface area contributed by atoms with Gasteiger partial charge in [0.25, 0.3) is 0 Å². The normalized spacial score (nSPS) is 25.2. The molecule has 0 bridgehead atoms. The van der Waals surface area contributed by atoms with Gasteiger partial charge in [0.2, 0.25) is 0 Å². The third-order valence-corrected chi connectivity index (χ3v) is 3.29. The van der Waals surface area contributed by atoms with Gasteiger partial charge >= 0.3 is 0 Å². The van der Waals surface area contributed by atoms with Gasteiger partial charge in [0.15, 0.2) is 0 Å². The summed E-state index contributed by atoms with van der Waals surface area (Å²) in [7, 11) is 0. The van der Waals surface area contributed by atoms with Crippen LogP contribution < -0.4 is 5.32 Å². The molecule has 17 heavy (non-hydrogen) atoms. The molecular formula is C13H17F2NO. The predicted octanol–water partition coefficient (Wildman–Crippen LogP) is 2.53. The van der Waals surface area contributed by atoms with Crippen LogP contribution in [0.3, 0.4) is 0 Å². The van der Waals surface area contributed by atoms with Crippen LogP contribution in [0.15, 0.2) is 18.2 Å². The Labute approximate surface area is 99.7 Å². The second-order valence-electron chi connectivity index (χ2n) is 5.21. The van der Waals surface area contributed by atoms with Crippen LogP contribution in [0.2, 0.25) is 0 Å². The van der Waals surface area contributed by atoms with Gasteiger partial charge in [0, 0.05) is 18.2 Å². The number of hydrogen-bond donors (Lipinski definition) is 2. The zero-order valence-corrected chi connectivity index (χ0v) is 10.0. The summed E-state index contributed by atoms with van der Waals surface area (Å²) in [6.45, 7) is 3.47. The third kappa shape index (κ3) is 2.82. The minimum absolute atomic E-state index is 0.0428. The van der Waals surface area contributed by atoms with Crippen molar-refractivity contribution < 1.29 is 13.9 Å². The maximum absolute atomic E-state index is 13.1. The van der Waals surface area contributed by atoms with Crippen LogP contribution in [0.1, 0.15) is 38.3 Å². The molecule has 2 nitrogen and oxygen atoms in total. The number of nitrogens with one attached hydrogen (secondary N) is 1. The van der Waals surface area contributed by atoms with E-state index in [0.717, 1.165) is 18.9 Å². The lowest BCUT2D eigenvalue weighted by Gasteiger charge is -2.26. The molecule has 1 aliphatic heterocycles. The number of aliphatic hydroxyl groups is 1. The molecule has 2 N–H and O–H groups in total.